The van der Waals surface area contributed by atoms with Crippen molar-refractivity contribution in [2.75, 3.05) is 5.73 Å². The molecule has 0 bridgehead atoms. The molecule has 0 radical (unpaired) electrons. The molecule has 0 aliphatic carbocycles. The second kappa shape index (κ2) is 4.75. The number of hydrogen-bond acceptors (Lipinski definition) is 4. The molecule has 0 aliphatic rings. The number of halogens is 2. The number of furan rings is 1. The first kappa shape index (κ1) is 12.3. The molecular weight excluding hydrogens is 332 g/mol. The Morgan fingerprint density at radius 2 is 1.95 bits per heavy atom. The predicted molar refractivity (Wildman–Crippen MR) is 76.8 cm³/mol. The van der Waals surface area contributed by atoms with Gasteiger partial charge in [0.15, 0.2) is 4.67 Å². The fraction of sp³-hybridized carbons (Fsp3) is 0. The molecule has 0 amide bonds. The molecule has 2 heterocycles. The Balaban J connectivity index is 2.26. The van der Waals surface area contributed by atoms with Crippen LogP contribution >= 0.6 is 27.5 Å². The summed E-state index contributed by atoms with van der Waals surface area (Å²) in [6.07, 6.45) is 1.56. The van der Waals surface area contributed by atoms with Crippen LogP contribution in [0.15, 0.2) is 50.2 Å². The maximum atomic E-state index is 6.20. The third-order valence-corrected chi connectivity index (χ3v) is 3.68. The molecule has 3 aromatic rings. The maximum Gasteiger partial charge on any atom is 0.230 e. The van der Waals surface area contributed by atoms with Crippen LogP contribution in [0.5, 0.6) is 0 Å². The lowest BCUT2D eigenvalue weighted by molar-refractivity contribution is 0.439. The van der Waals surface area contributed by atoms with E-state index in [1.807, 2.05) is 18.2 Å². The Morgan fingerprint density at radius 3 is 2.63 bits per heavy atom. The number of nitrogens with two attached hydrogens (primary N) is 1. The molecule has 0 saturated carbocycles. The molecule has 6 heteroatoms. The zero-order chi connectivity index (χ0) is 13.4. The van der Waals surface area contributed by atoms with Gasteiger partial charge < -0.3 is 14.7 Å². The number of anilines is 1. The van der Waals surface area contributed by atoms with Crippen molar-refractivity contribution >= 4 is 33.4 Å². The van der Waals surface area contributed by atoms with Crippen molar-refractivity contribution in [1.29, 1.82) is 0 Å². The smallest absolute Gasteiger partial charge is 0.230 e. The van der Waals surface area contributed by atoms with Crippen LogP contribution in [0.25, 0.3) is 22.4 Å². The summed E-state index contributed by atoms with van der Waals surface area (Å²) in [5.41, 5.74) is 8.64. The van der Waals surface area contributed by atoms with Crippen molar-refractivity contribution in [2.45, 2.75) is 0 Å². The average molecular weight is 340 g/mol. The van der Waals surface area contributed by atoms with Gasteiger partial charge in [-0.25, -0.2) is 0 Å². The molecule has 2 aromatic heterocycles. The first-order valence-electron chi connectivity index (χ1n) is 5.42. The molecule has 2 N–H and O–H groups in total. The molecule has 0 unspecified atom stereocenters. The third-order valence-electron chi connectivity index (χ3n) is 2.73. The van der Waals surface area contributed by atoms with E-state index in [-0.39, 0.29) is 5.88 Å². The number of nitrogen functional groups attached to an aromatic ring is 1. The minimum Gasteiger partial charge on any atom is -0.457 e. The van der Waals surface area contributed by atoms with Crippen LogP contribution in [0, 0.1) is 0 Å². The molecular formula is C13H8BrClN2O2. The Bertz CT molecular complexity index is 736. The summed E-state index contributed by atoms with van der Waals surface area (Å²) in [6, 6.07) is 9.16. The summed E-state index contributed by atoms with van der Waals surface area (Å²) in [5, 5.41) is 4.57. The van der Waals surface area contributed by atoms with Crippen LogP contribution in [0.1, 0.15) is 0 Å². The Kier molecular flexibility index (Phi) is 3.08. The largest absolute Gasteiger partial charge is 0.457 e. The molecule has 0 aliphatic heterocycles. The number of rotatable bonds is 2. The lowest BCUT2D eigenvalue weighted by Crippen LogP contribution is -1.88. The van der Waals surface area contributed by atoms with Crippen molar-refractivity contribution in [1.82, 2.24) is 5.16 Å². The summed E-state index contributed by atoms with van der Waals surface area (Å²) in [4.78, 5) is 0. The van der Waals surface area contributed by atoms with Crippen molar-refractivity contribution < 1.29 is 8.94 Å². The van der Waals surface area contributed by atoms with Crippen molar-refractivity contribution in [3.63, 3.8) is 0 Å². The van der Waals surface area contributed by atoms with E-state index in [0.29, 0.717) is 20.9 Å². The van der Waals surface area contributed by atoms with E-state index in [1.54, 1.807) is 18.4 Å². The fourth-order valence-electron chi connectivity index (χ4n) is 1.87. The summed E-state index contributed by atoms with van der Waals surface area (Å²) in [7, 11) is 0. The van der Waals surface area contributed by atoms with Crippen LogP contribution in [-0.4, -0.2) is 5.16 Å². The zero-order valence-corrected chi connectivity index (χ0v) is 11.9. The third kappa shape index (κ3) is 2.05. The molecule has 0 saturated heterocycles. The normalized spacial score (nSPS) is 10.8. The Morgan fingerprint density at radius 1 is 1.16 bits per heavy atom. The van der Waals surface area contributed by atoms with Crippen LogP contribution in [0.4, 0.5) is 5.88 Å². The first-order valence-corrected chi connectivity index (χ1v) is 6.59. The highest BCUT2D eigenvalue weighted by atomic mass is 79.9. The lowest BCUT2D eigenvalue weighted by atomic mass is 10.0. The number of aromatic nitrogens is 1. The van der Waals surface area contributed by atoms with Gasteiger partial charge in [-0.1, -0.05) is 35.0 Å². The predicted octanol–water partition coefficient (Wildman–Crippen LogP) is 4.60. The van der Waals surface area contributed by atoms with E-state index in [1.165, 1.54) is 0 Å². The second-order valence-corrected chi connectivity index (χ2v) is 4.99. The molecule has 0 spiro atoms. The molecule has 0 fully saturated rings. The van der Waals surface area contributed by atoms with Gasteiger partial charge in [-0.3, -0.25) is 0 Å². The summed E-state index contributed by atoms with van der Waals surface area (Å²) in [5.74, 6) is 0.219. The lowest BCUT2D eigenvalue weighted by Gasteiger charge is -2.03. The quantitative estimate of drug-likeness (QED) is 0.741. The zero-order valence-electron chi connectivity index (χ0n) is 9.56. The van der Waals surface area contributed by atoms with E-state index in [9.17, 15) is 0 Å². The number of hydrogen-bond donors (Lipinski definition) is 1. The molecule has 1 aromatic carbocycles. The van der Waals surface area contributed by atoms with Gasteiger partial charge in [0.2, 0.25) is 5.88 Å². The average Bonchev–Trinajstić information content (AvgIpc) is 2.96. The van der Waals surface area contributed by atoms with Crippen LogP contribution in [0.2, 0.25) is 5.02 Å². The fourth-order valence-corrected chi connectivity index (χ4v) is 2.53. The number of benzene rings is 1. The summed E-state index contributed by atoms with van der Waals surface area (Å²) < 4.78 is 10.9. The van der Waals surface area contributed by atoms with Gasteiger partial charge in [-0.05, 0) is 28.1 Å². The van der Waals surface area contributed by atoms with E-state index in [2.05, 4.69) is 21.1 Å². The first-order chi connectivity index (χ1) is 9.18. The maximum absolute atomic E-state index is 6.20. The molecule has 0 atom stereocenters. The summed E-state index contributed by atoms with van der Waals surface area (Å²) in [6.45, 7) is 0. The van der Waals surface area contributed by atoms with E-state index in [4.69, 9.17) is 26.3 Å². The molecule has 96 valence electrons. The van der Waals surface area contributed by atoms with Crippen LogP contribution in [-0.2, 0) is 0 Å². The van der Waals surface area contributed by atoms with Gasteiger partial charge in [0, 0.05) is 10.6 Å². The van der Waals surface area contributed by atoms with Gasteiger partial charge in [-0.15, -0.1) is 0 Å². The Labute approximate surface area is 122 Å². The van der Waals surface area contributed by atoms with Gasteiger partial charge in [0.05, 0.1) is 17.4 Å². The highest BCUT2D eigenvalue weighted by Gasteiger charge is 2.21. The minimum atomic E-state index is 0.219. The van der Waals surface area contributed by atoms with Gasteiger partial charge >= 0.3 is 0 Å². The minimum absolute atomic E-state index is 0.219. The van der Waals surface area contributed by atoms with Gasteiger partial charge in [0.1, 0.15) is 5.69 Å². The second-order valence-electron chi connectivity index (χ2n) is 3.86. The standard InChI is InChI=1S/C13H8BrClN2O2/c14-12-8(5-6-18-12)11-10(13(16)19-17-11)7-3-1-2-4-9(7)15/h1-6H,16H2. The monoisotopic (exact) mass is 338 g/mol. The summed E-state index contributed by atoms with van der Waals surface area (Å²) >= 11 is 9.52. The van der Waals surface area contributed by atoms with E-state index in [0.717, 1.165) is 11.1 Å². The Hall–Kier alpha value is -1.72. The highest BCUT2D eigenvalue weighted by molar-refractivity contribution is 9.10. The molecule has 19 heavy (non-hydrogen) atoms. The van der Waals surface area contributed by atoms with Gasteiger partial charge in [-0.2, -0.15) is 0 Å². The van der Waals surface area contributed by atoms with Crippen molar-refractivity contribution in [3.8, 4) is 22.4 Å². The van der Waals surface area contributed by atoms with E-state index < -0.39 is 0 Å². The van der Waals surface area contributed by atoms with Crippen LogP contribution in [0.3, 0.4) is 0 Å². The number of nitrogens with zero attached hydrogens (tertiary/aromatic N) is 1. The van der Waals surface area contributed by atoms with Gasteiger partial charge in [0.25, 0.3) is 0 Å². The van der Waals surface area contributed by atoms with E-state index >= 15 is 0 Å². The van der Waals surface area contributed by atoms with Crippen molar-refractivity contribution in [2.24, 2.45) is 0 Å². The SMILES string of the molecule is Nc1onc(-c2ccoc2Br)c1-c1ccccc1Cl. The van der Waals surface area contributed by atoms with Crippen molar-refractivity contribution in [3.05, 3.63) is 46.3 Å². The molecule has 4 nitrogen and oxygen atoms in total. The van der Waals surface area contributed by atoms with Crippen LogP contribution < -0.4 is 5.73 Å². The topological polar surface area (TPSA) is 65.2 Å². The highest BCUT2D eigenvalue weighted by Crippen LogP contribution is 2.41. The molecule has 3 rings (SSSR count).